The molecule has 0 atom stereocenters. The average Bonchev–Trinajstić information content (AvgIpc) is 2.98. The summed E-state index contributed by atoms with van der Waals surface area (Å²) in [7, 11) is 1.78. The van der Waals surface area contributed by atoms with E-state index < -0.39 is 0 Å². The Labute approximate surface area is 210 Å². The lowest BCUT2D eigenvalue weighted by Crippen LogP contribution is -2.26. The van der Waals surface area contributed by atoms with Crippen molar-refractivity contribution in [2.45, 2.75) is 26.8 Å². The first-order valence-electron chi connectivity index (χ1n) is 11.8. The molecule has 1 aliphatic rings. The zero-order valence-electron chi connectivity index (χ0n) is 20.5. The number of fused-ring (bicyclic) bond motifs is 3. The number of likely N-dealkylation sites (N-methyl/N-ethyl adjacent to an activating group) is 1. The van der Waals surface area contributed by atoms with E-state index >= 15 is 0 Å². The Morgan fingerprint density at radius 2 is 1.81 bits per heavy atom. The second kappa shape index (κ2) is 9.62. The average molecular weight is 478 g/mol. The third kappa shape index (κ3) is 4.68. The van der Waals surface area contributed by atoms with E-state index in [0.717, 1.165) is 39.3 Å². The van der Waals surface area contributed by atoms with E-state index in [1.165, 1.54) is 5.56 Å². The van der Waals surface area contributed by atoms with Crippen molar-refractivity contribution in [2.24, 2.45) is 0 Å². The van der Waals surface area contributed by atoms with Gasteiger partial charge in [0.05, 0.1) is 17.8 Å². The molecule has 0 bridgehead atoms. The smallest absolute Gasteiger partial charge is 0.251 e. The molecule has 2 amide bonds. The zero-order chi connectivity index (χ0) is 25.2. The molecule has 7 nitrogen and oxygen atoms in total. The summed E-state index contributed by atoms with van der Waals surface area (Å²) in [5.41, 5.74) is 8.04. The molecule has 36 heavy (non-hydrogen) atoms. The molecule has 0 aliphatic carbocycles. The summed E-state index contributed by atoms with van der Waals surface area (Å²) in [6.07, 6.45) is 1.94. The summed E-state index contributed by atoms with van der Waals surface area (Å²) >= 11 is 0. The molecule has 1 aliphatic heterocycles. The largest absolute Gasteiger partial charge is 0.348 e. The first-order chi connectivity index (χ1) is 17.4. The van der Waals surface area contributed by atoms with Crippen LogP contribution in [-0.4, -0.2) is 28.8 Å². The minimum Gasteiger partial charge on any atom is -0.348 e. The Hall–Kier alpha value is -4.52. The minimum atomic E-state index is -0.131. The molecule has 3 aromatic carbocycles. The standard InChI is InChI=1S/C29H27N5O2/c1-18-8-9-21(19(2)14-18)16-30-28(36)20-10-12-23(13-11-20)32-29-31-17-22-15-26(35)34(3)25-7-5-4-6-24(25)27(22)33-29/h4-14,17H,15-16H2,1-3H3,(H,30,36)(H,31,32,33). The zero-order valence-corrected chi connectivity index (χ0v) is 20.5. The summed E-state index contributed by atoms with van der Waals surface area (Å²) in [6.45, 7) is 4.58. The van der Waals surface area contributed by atoms with Gasteiger partial charge in [-0.25, -0.2) is 9.97 Å². The lowest BCUT2D eigenvalue weighted by Gasteiger charge is -2.16. The van der Waals surface area contributed by atoms with Gasteiger partial charge in [0.25, 0.3) is 5.91 Å². The first kappa shape index (κ1) is 23.2. The highest BCUT2D eigenvalue weighted by Crippen LogP contribution is 2.35. The first-order valence-corrected chi connectivity index (χ1v) is 11.8. The van der Waals surface area contributed by atoms with Gasteiger partial charge in [-0.05, 0) is 55.3 Å². The molecule has 0 radical (unpaired) electrons. The van der Waals surface area contributed by atoms with Crippen LogP contribution in [-0.2, 0) is 17.8 Å². The van der Waals surface area contributed by atoms with E-state index in [-0.39, 0.29) is 18.2 Å². The van der Waals surface area contributed by atoms with E-state index in [1.807, 2.05) is 55.5 Å². The fourth-order valence-electron chi connectivity index (χ4n) is 4.37. The fraction of sp³-hybridized carbons (Fsp3) is 0.172. The van der Waals surface area contributed by atoms with Gasteiger partial charge in [0.1, 0.15) is 0 Å². The number of hydrogen-bond acceptors (Lipinski definition) is 5. The number of anilines is 3. The van der Waals surface area contributed by atoms with Gasteiger partial charge in [-0.1, -0.05) is 42.0 Å². The number of aryl methyl sites for hydroxylation is 2. The van der Waals surface area contributed by atoms with E-state index in [0.29, 0.717) is 18.1 Å². The van der Waals surface area contributed by atoms with Crippen molar-refractivity contribution >= 4 is 29.1 Å². The highest BCUT2D eigenvalue weighted by atomic mass is 16.2. The van der Waals surface area contributed by atoms with Crippen LogP contribution in [0.3, 0.4) is 0 Å². The van der Waals surface area contributed by atoms with Crippen molar-refractivity contribution in [2.75, 3.05) is 17.3 Å². The minimum absolute atomic E-state index is 0.00286. The molecular formula is C29H27N5O2. The lowest BCUT2D eigenvalue weighted by atomic mass is 10.1. The highest BCUT2D eigenvalue weighted by Gasteiger charge is 2.24. The summed E-state index contributed by atoms with van der Waals surface area (Å²) in [5, 5.41) is 6.20. The van der Waals surface area contributed by atoms with Gasteiger partial charge in [-0.3, -0.25) is 9.59 Å². The van der Waals surface area contributed by atoms with Crippen molar-refractivity contribution < 1.29 is 9.59 Å². The summed E-state index contributed by atoms with van der Waals surface area (Å²) in [6, 6.07) is 21.1. The van der Waals surface area contributed by atoms with Gasteiger partial charge in [0.2, 0.25) is 11.9 Å². The molecule has 0 spiro atoms. The Bertz CT molecular complexity index is 1460. The third-order valence-corrected chi connectivity index (χ3v) is 6.44. The Morgan fingerprint density at radius 1 is 1.03 bits per heavy atom. The van der Waals surface area contributed by atoms with E-state index in [9.17, 15) is 9.59 Å². The predicted molar refractivity (Wildman–Crippen MR) is 141 cm³/mol. The number of hydrogen-bond donors (Lipinski definition) is 2. The van der Waals surface area contributed by atoms with Gasteiger partial charge in [-0.2, -0.15) is 0 Å². The number of carbonyl (C=O) groups excluding carboxylic acids is 2. The Morgan fingerprint density at radius 3 is 2.58 bits per heavy atom. The topological polar surface area (TPSA) is 87.2 Å². The van der Waals surface area contributed by atoms with Crippen molar-refractivity contribution in [1.29, 1.82) is 0 Å². The van der Waals surface area contributed by atoms with E-state index in [4.69, 9.17) is 4.98 Å². The summed E-state index contributed by atoms with van der Waals surface area (Å²) in [5.74, 6) is 0.290. The van der Waals surface area contributed by atoms with E-state index in [1.54, 1.807) is 30.3 Å². The SMILES string of the molecule is Cc1ccc(CNC(=O)c2ccc(Nc3ncc4c(n3)-c3ccccc3N(C)C(=O)C4)cc2)c(C)c1. The molecule has 5 rings (SSSR count). The van der Waals surface area contributed by atoms with Crippen LogP contribution in [0.25, 0.3) is 11.3 Å². The van der Waals surface area contributed by atoms with Gasteiger partial charge >= 0.3 is 0 Å². The second-order valence-corrected chi connectivity index (χ2v) is 9.03. The maximum absolute atomic E-state index is 12.6. The van der Waals surface area contributed by atoms with Crippen LogP contribution < -0.4 is 15.5 Å². The van der Waals surface area contributed by atoms with Crippen molar-refractivity contribution in [3.05, 3.63) is 101 Å². The Kier molecular flexibility index (Phi) is 6.21. The van der Waals surface area contributed by atoms with Crippen molar-refractivity contribution in [3.8, 4) is 11.3 Å². The fourth-order valence-corrected chi connectivity index (χ4v) is 4.37. The van der Waals surface area contributed by atoms with Gasteiger partial charge < -0.3 is 15.5 Å². The van der Waals surface area contributed by atoms with Crippen LogP contribution >= 0.6 is 0 Å². The van der Waals surface area contributed by atoms with Crippen molar-refractivity contribution in [3.63, 3.8) is 0 Å². The molecule has 1 aromatic heterocycles. The van der Waals surface area contributed by atoms with Crippen LogP contribution in [0, 0.1) is 13.8 Å². The van der Waals surface area contributed by atoms with Gasteiger partial charge in [-0.15, -0.1) is 0 Å². The predicted octanol–water partition coefficient (Wildman–Crippen LogP) is 4.95. The number of rotatable bonds is 5. The Balaban J connectivity index is 1.31. The normalized spacial score (nSPS) is 12.4. The molecule has 4 aromatic rings. The number of nitrogens with zero attached hydrogens (tertiary/aromatic N) is 3. The highest BCUT2D eigenvalue weighted by molar-refractivity contribution is 6.01. The quantitative estimate of drug-likeness (QED) is 0.425. The summed E-state index contributed by atoms with van der Waals surface area (Å²) < 4.78 is 0. The maximum Gasteiger partial charge on any atom is 0.251 e. The number of aromatic nitrogens is 2. The van der Waals surface area contributed by atoms with Crippen LogP contribution in [0.15, 0.2) is 72.9 Å². The molecule has 2 heterocycles. The molecule has 0 unspecified atom stereocenters. The van der Waals surface area contributed by atoms with Crippen molar-refractivity contribution in [1.82, 2.24) is 15.3 Å². The number of nitrogens with one attached hydrogen (secondary N) is 2. The van der Waals surface area contributed by atoms with Gasteiger partial charge in [0, 0.05) is 42.2 Å². The maximum atomic E-state index is 12.6. The van der Waals surface area contributed by atoms with Crippen LogP contribution in [0.1, 0.15) is 32.6 Å². The van der Waals surface area contributed by atoms with Crippen LogP contribution in [0.2, 0.25) is 0 Å². The second-order valence-electron chi connectivity index (χ2n) is 9.03. The molecule has 0 saturated heterocycles. The monoisotopic (exact) mass is 477 g/mol. The summed E-state index contributed by atoms with van der Waals surface area (Å²) in [4.78, 5) is 36.0. The van der Waals surface area contributed by atoms with E-state index in [2.05, 4.69) is 28.6 Å². The van der Waals surface area contributed by atoms with Crippen LogP contribution in [0.4, 0.5) is 17.3 Å². The number of amides is 2. The number of benzene rings is 3. The molecular weight excluding hydrogens is 450 g/mol. The molecule has 2 N–H and O–H groups in total. The van der Waals surface area contributed by atoms with Crippen LogP contribution in [0.5, 0.6) is 0 Å². The molecule has 180 valence electrons. The molecule has 7 heteroatoms. The molecule has 0 fully saturated rings. The molecule has 0 saturated carbocycles. The number of carbonyl (C=O) groups is 2. The van der Waals surface area contributed by atoms with Gasteiger partial charge in [0.15, 0.2) is 0 Å². The lowest BCUT2D eigenvalue weighted by molar-refractivity contribution is -0.117. The third-order valence-electron chi connectivity index (χ3n) is 6.44. The number of para-hydroxylation sites is 1.